The third kappa shape index (κ3) is 4.30. The van der Waals surface area contributed by atoms with Crippen LogP contribution in [0.2, 0.25) is 5.02 Å². The van der Waals surface area contributed by atoms with Crippen molar-refractivity contribution in [1.82, 2.24) is 9.80 Å². The normalized spacial score (nSPS) is 21.9. The molecule has 2 aliphatic heterocycles. The van der Waals surface area contributed by atoms with Crippen molar-refractivity contribution in [3.8, 4) is 0 Å². The van der Waals surface area contributed by atoms with Gasteiger partial charge in [0.15, 0.2) is 0 Å². The van der Waals surface area contributed by atoms with Gasteiger partial charge in [-0.3, -0.25) is 9.59 Å². The zero-order valence-corrected chi connectivity index (χ0v) is 16.4. The quantitative estimate of drug-likeness (QED) is 0.792. The van der Waals surface area contributed by atoms with Gasteiger partial charge >= 0.3 is 0 Å². The summed E-state index contributed by atoms with van der Waals surface area (Å²) in [6.45, 7) is 2.86. The van der Waals surface area contributed by atoms with E-state index in [4.69, 9.17) is 16.3 Å². The van der Waals surface area contributed by atoms with Crippen molar-refractivity contribution in [1.29, 1.82) is 0 Å². The zero-order valence-electron chi connectivity index (χ0n) is 15.6. The molecule has 146 valence electrons. The number of likely N-dealkylation sites (tertiary alicyclic amines) is 1. The van der Waals surface area contributed by atoms with Gasteiger partial charge in [-0.25, -0.2) is 0 Å². The molecule has 0 radical (unpaired) electrons. The van der Waals surface area contributed by atoms with Gasteiger partial charge in [-0.2, -0.15) is 0 Å². The van der Waals surface area contributed by atoms with Crippen molar-refractivity contribution < 1.29 is 14.3 Å². The number of piperidine rings is 1. The number of rotatable bonds is 4. The van der Waals surface area contributed by atoms with Gasteiger partial charge in [0, 0.05) is 54.9 Å². The summed E-state index contributed by atoms with van der Waals surface area (Å²) in [5, 5.41) is 0.580. The fraction of sp³-hybridized carbons (Fsp3) is 0.619. The molecular weight excluding hydrogens is 364 g/mol. The molecule has 0 atom stereocenters. The fourth-order valence-electron chi connectivity index (χ4n) is 4.31. The van der Waals surface area contributed by atoms with Crippen LogP contribution in [0, 0.1) is 5.92 Å². The molecule has 0 spiro atoms. The van der Waals surface area contributed by atoms with E-state index < -0.39 is 0 Å². The molecule has 2 amide bonds. The third-order valence-corrected chi connectivity index (χ3v) is 6.22. The number of amides is 2. The molecular formula is C21H27ClN2O3. The van der Waals surface area contributed by atoms with Crippen LogP contribution in [-0.4, -0.2) is 60.0 Å². The highest BCUT2D eigenvalue weighted by atomic mass is 35.5. The largest absolute Gasteiger partial charge is 0.381 e. The number of carbonyl (C=O) groups excluding carboxylic acids is 2. The maximum atomic E-state index is 13.0. The lowest BCUT2D eigenvalue weighted by molar-refractivity contribution is -0.141. The van der Waals surface area contributed by atoms with E-state index in [9.17, 15) is 9.59 Å². The minimum absolute atomic E-state index is 0.0297. The van der Waals surface area contributed by atoms with Crippen LogP contribution >= 0.6 is 11.6 Å². The van der Waals surface area contributed by atoms with Gasteiger partial charge in [-0.1, -0.05) is 17.7 Å². The second kappa shape index (κ2) is 8.19. The van der Waals surface area contributed by atoms with Crippen molar-refractivity contribution in [2.75, 3.05) is 26.3 Å². The van der Waals surface area contributed by atoms with E-state index in [0.717, 1.165) is 51.7 Å². The van der Waals surface area contributed by atoms with E-state index in [0.29, 0.717) is 35.6 Å². The first-order valence-electron chi connectivity index (χ1n) is 10.1. The summed E-state index contributed by atoms with van der Waals surface area (Å²) in [7, 11) is 0. The SMILES string of the molecule is O=C(c1cccc(Cl)c1)N1CCC(N(C(=O)C2CC2)C2CCOCC2)CC1. The predicted octanol–water partition coefficient (Wildman–Crippen LogP) is 3.36. The fourth-order valence-corrected chi connectivity index (χ4v) is 4.50. The Hall–Kier alpha value is -1.59. The first kappa shape index (κ1) is 18.8. The van der Waals surface area contributed by atoms with E-state index in [1.54, 1.807) is 12.1 Å². The maximum Gasteiger partial charge on any atom is 0.253 e. The summed E-state index contributed by atoms with van der Waals surface area (Å²) in [4.78, 5) is 29.8. The van der Waals surface area contributed by atoms with Crippen molar-refractivity contribution in [2.45, 2.75) is 50.6 Å². The van der Waals surface area contributed by atoms with Crippen LogP contribution in [0.4, 0.5) is 0 Å². The van der Waals surface area contributed by atoms with Crippen LogP contribution in [0.25, 0.3) is 0 Å². The lowest BCUT2D eigenvalue weighted by atomic mass is 9.96. The van der Waals surface area contributed by atoms with Crippen LogP contribution in [0.3, 0.4) is 0 Å². The van der Waals surface area contributed by atoms with Crippen LogP contribution in [0.15, 0.2) is 24.3 Å². The smallest absolute Gasteiger partial charge is 0.253 e. The minimum Gasteiger partial charge on any atom is -0.381 e. The molecule has 6 heteroatoms. The molecule has 3 aliphatic rings. The Kier molecular flexibility index (Phi) is 5.69. The number of benzene rings is 1. The topological polar surface area (TPSA) is 49.9 Å². The monoisotopic (exact) mass is 390 g/mol. The molecule has 1 aromatic carbocycles. The van der Waals surface area contributed by atoms with Gasteiger partial charge in [0.2, 0.25) is 5.91 Å². The molecule has 0 unspecified atom stereocenters. The maximum absolute atomic E-state index is 13.0. The number of halogens is 1. The van der Waals surface area contributed by atoms with E-state index in [2.05, 4.69) is 4.90 Å². The average molecular weight is 391 g/mol. The Labute approximate surface area is 165 Å². The van der Waals surface area contributed by atoms with Crippen molar-refractivity contribution >= 4 is 23.4 Å². The molecule has 1 aliphatic carbocycles. The van der Waals surface area contributed by atoms with E-state index in [-0.39, 0.29) is 17.9 Å². The molecule has 27 heavy (non-hydrogen) atoms. The summed E-state index contributed by atoms with van der Waals surface area (Å²) in [6.07, 6.45) is 5.62. The number of carbonyl (C=O) groups is 2. The zero-order chi connectivity index (χ0) is 18.8. The van der Waals surface area contributed by atoms with Gasteiger partial charge in [-0.15, -0.1) is 0 Å². The summed E-state index contributed by atoms with van der Waals surface area (Å²) in [6, 6.07) is 7.66. The Balaban J connectivity index is 1.41. The average Bonchev–Trinajstić information content (AvgIpc) is 3.54. The van der Waals surface area contributed by atoms with Crippen molar-refractivity contribution in [3.63, 3.8) is 0 Å². The minimum atomic E-state index is 0.0297. The highest BCUT2D eigenvalue weighted by molar-refractivity contribution is 6.30. The molecule has 0 aromatic heterocycles. The van der Waals surface area contributed by atoms with Crippen LogP contribution < -0.4 is 0 Å². The lowest BCUT2D eigenvalue weighted by Crippen LogP contribution is -2.54. The number of hydrogen-bond donors (Lipinski definition) is 0. The Morgan fingerprint density at radius 3 is 2.30 bits per heavy atom. The second-order valence-corrected chi connectivity index (χ2v) is 8.33. The standard InChI is InChI=1S/C21H27ClN2O3/c22-17-3-1-2-16(14-17)20(25)23-10-6-18(7-11-23)24(21(26)15-4-5-15)19-8-12-27-13-9-19/h1-3,14-15,18-19H,4-13H2. The summed E-state index contributed by atoms with van der Waals surface area (Å²) < 4.78 is 5.50. The summed E-state index contributed by atoms with van der Waals surface area (Å²) >= 11 is 6.02. The van der Waals surface area contributed by atoms with Crippen LogP contribution in [0.1, 0.15) is 48.9 Å². The predicted molar refractivity (Wildman–Crippen MR) is 104 cm³/mol. The van der Waals surface area contributed by atoms with Gasteiger partial charge in [0.25, 0.3) is 5.91 Å². The first-order valence-corrected chi connectivity index (χ1v) is 10.5. The van der Waals surface area contributed by atoms with Gasteiger partial charge in [-0.05, 0) is 56.7 Å². The molecule has 2 saturated heterocycles. The Morgan fingerprint density at radius 1 is 1.00 bits per heavy atom. The van der Waals surface area contributed by atoms with Gasteiger partial charge in [0.1, 0.15) is 0 Å². The van der Waals surface area contributed by atoms with Gasteiger partial charge in [0.05, 0.1) is 0 Å². The van der Waals surface area contributed by atoms with Crippen molar-refractivity contribution in [2.24, 2.45) is 5.92 Å². The molecule has 0 bridgehead atoms. The first-order chi connectivity index (χ1) is 13.1. The van der Waals surface area contributed by atoms with Crippen LogP contribution in [0.5, 0.6) is 0 Å². The summed E-state index contributed by atoms with van der Waals surface area (Å²) in [5.41, 5.74) is 0.635. The molecule has 5 nitrogen and oxygen atoms in total. The lowest BCUT2D eigenvalue weighted by Gasteiger charge is -2.44. The summed E-state index contributed by atoms with van der Waals surface area (Å²) in [5.74, 6) is 0.600. The third-order valence-electron chi connectivity index (χ3n) is 5.98. The Bertz CT molecular complexity index is 692. The Morgan fingerprint density at radius 2 is 1.67 bits per heavy atom. The second-order valence-electron chi connectivity index (χ2n) is 7.90. The van der Waals surface area contributed by atoms with Crippen molar-refractivity contribution in [3.05, 3.63) is 34.9 Å². The molecule has 3 fully saturated rings. The van der Waals surface area contributed by atoms with Gasteiger partial charge < -0.3 is 14.5 Å². The molecule has 4 rings (SSSR count). The molecule has 1 saturated carbocycles. The van der Waals surface area contributed by atoms with E-state index in [1.165, 1.54) is 0 Å². The molecule has 2 heterocycles. The van der Waals surface area contributed by atoms with E-state index >= 15 is 0 Å². The number of nitrogens with zero attached hydrogens (tertiary/aromatic N) is 2. The number of hydrogen-bond acceptors (Lipinski definition) is 3. The number of ether oxygens (including phenoxy) is 1. The van der Waals surface area contributed by atoms with Crippen LogP contribution in [-0.2, 0) is 9.53 Å². The highest BCUT2D eigenvalue weighted by Crippen LogP contribution is 2.35. The highest BCUT2D eigenvalue weighted by Gasteiger charge is 2.41. The molecule has 1 aromatic rings. The molecule has 0 N–H and O–H groups in total. The van der Waals surface area contributed by atoms with E-state index in [1.807, 2.05) is 17.0 Å².